The summed E-state index contributed by atoms with van der Waals surface area (Å²) < 4.78 is 5.23. The maximum Gasteiger partial charge on any atom is 0.228 e. The summed E-state index contributed by atoms with van der Waals surface area (Å²) in [5, 5.41) is 0. The molecular weight excluding hydrogens is 156 g/mol. The Labute approximate surface area is 71.2 Å². The first-order valence-electron chi connectivity index (χ1n) is 4.18. The number of ether oxygens (including phenoxy) is 1. The Hall–Kier alpha value is -1.06. The molecule has 66 valence electrons. The number of carbonyl (C=O) groups excluding carboxylic acids is 1. The van der Waals surface area contributed by atoms with Crippen LogP contribution in [0.3, 0.4) is 0 Å². The normalized spacial score (nSPS) is 32.9. The minimum Gasteiger partial charge on any atom is -0.458 e. The van der Waals surface area contributed by atoms with Crippen LogP contribution in [0.4, 0.5) is 0 Å². The summed E-state index contributed by atoms with van der Waals surface area (Å²) in [7, 11) is 0. The van der Waals surface area contributed by atoms with E-state index >= 15 is 0 Å². The number of likely N-dealkylation sites (tertiary alicyclic amines) is 1. The summed E-state index contributed by atoms with van der Waals surface area (Å²) in [6.45, 7) is 3.98. The van der Waals surface area contributed by atoms with Gasteiger partial charge in [0.15, 0.2) is 12.6 Å². The number of amides is 1. The molecule has 2 aliphatic rings. The SMILES string of the molecule is CC(C)N1C(=O)CC2N=COC21. The third kappa shape index (κ3) is 0.906. The lowest BCUT2D eigenvalue weighted by Crippen LogP contribution is -2.41. The van der Waals surface area contributed by atoms with Crippen LogP contribution in [0.5, 0.6) is 0 Å². The van der Waals surface area contributed by atoms with Gasteiger partial charge in [-0.2, -0.15) is 0 Å². The van der Waals surface area contributed by atoms with E-state index < -0.39 is 0 Å². The molecule has 0 aromatic carbocycles. The average Bonchev–Trinajstić information content (AvgIpc) is 2.44. The molecule has 2 unspecified atom stereocenters. The van der Waals surface area contributed by atoms with Crippen molar-refractivity contribution in [1.29, 1.82) is 0 Å². The molecule has 1 fully saturated rings. The van der Waals surface area contributed by atoms with Gasteiger partial charge in [-0.1, -0.05) is 0 Å². The number of hydrogen-bond acceptors (Lipinski definition) is 3. The molecule has 2 heterocycles. The van der Waals surface area contributed by atoms with Crippen molar-refractivity contribution in [3.63, 3.8) is 0 Å². The molecule has 0 radical (unpaired) electrons. The van der Waals surface area contributed by atoms with E-state index in [1.807, 2.05) is 13.8 Å². The van der Waals surface area contributed by atoms with Crippen molar-refractivity contribution in [2.45, 2.75) is 38.6 Å². The summed E-state index contributed by atoms with van der Waals surface area (Å²) in [6, 6.07) is 0.245. The van der Waals surface area contributed by atoms with Crippen LogP contribution in [-0.4, -0.2) is 35.5 Å². The first kappa shape index (κ1) is 7.58. The molecule has 0 spiro atoms. The first-order valence-corrected chi connectivity index (χ1v) is 4.18. The van der Waals surface area contributed by atoms with Crippen molar-refractivity contribution < 1.29 is 9.53 Å². The molecule has 0 bridgehead atoms. The van der Waals surface area contributed by atoms with E-state index in [2.05, 4.69) is 4.99 Å². The lowest BCUT2D eigenvalue weighted by molar-refractivity contribution is -0.134. The van der Waals surface area contributed by atoms with Gasteiger partial charge in [0.1, 0.15) is 6.04 Å². The predicted molar refractivity (Wildman–Crippen MR) is 43.8 cm³/mol. The topological polar surface area (TPSA) is 41.9 Å². The second-order valence-electron chi connectivity index (χ2n) is 3.45. The Balaban J connectivity index is 2.19. The first-order chi connectivity index (χ1) is 5.70. The highest BCUT2D eigenvalue weighted by Gasteiger charge is 2.44. The zero-order valence-electron chi connectivity index (χ0n) is 7.23. The van der Waals surface area contributed by atoms with E-state index in [0.29, 0.717) is 6.42 Å². The van der Waals surface area contributed by atoms with E-state index in [1.54, 1.807) is 4.90 Å². The smallest absolute Gasteiger partial charge is 0.228 e. The Kier molecular flexibility index (Phi) is 1.56. The summed E-state index contributed by atoms with van der Waals surface area (Å²) in [4.78, 5) is 17.2. The van der Waals surface area contributed by atoms with E-state index in [0.717, 1.165) is 0 Å². The minimum absolute atomic E-state index is 0.0416. The molecule has 0 N–H and O–H groups in total. The van der Waals surface area contributed by atoms with Crippen LogP contribution in [0.25, 0.3) is 0 Å². The van der Waals surface area contributed by atoms with E-state index in [9.17, 15) is 4.79 Å². The third-order valence-electron chi connectivity index (χ3n) is 2.28. The van der Waals surface area contributed by atoms with Gasteiger partial charge in [-0.05, 0) is 13.8 Å². The highest BCUT2D eigenvalue weighted by atomic mass is 16.5. The highest BCUT2D eigenvalue weighted by molar-refractivity contribution is 5.81. The zero-order chi connectivity index (χ0) is 8.72. The number of rotatable bonds is 1. The van der Waals surface area contributed by atoms with E-state index in [1.165, 1.54) is 6.40 Å². The van der Waals surface area contributed by atoms with Crippen LogP contribution in [0, 0.1) is 0 Å². The summed E-state index contributed by atoms with van der Waals surface area (Å²) in [5.74, 6) is 0.150. The molecule has 0 saturated carbocycles. The molecule has 0 aromatic heterocycles. The molecule has 2 atom stereocenters. The summed E-state index contributed by atoms with van der Waals surface area (Å²) in [6.07, 6.45) is 1.83. The van der Waals surface area contributed by atoms with Crippen LogP contribution in [0.1, 0.15) is 20.3 Å². The van der Waals surface area contributed by atoms with E-state index in [4.69, 9.17) is 4.74 Å². The molecule has 4 nitrogen and oxygen atoms in total. The summed E-state index contributed by atoms with van der Waals surface area (Å²) in [5.41, 5.74) is 0. The van der Waals surface area contributed by atoms with Gasteiger partial charge in [0.2, 0.25) is 5.91 Å². The van der Waals surface area contributed by atoms with Crippen molar-refractivity contribution >= 4 is 12.3 Å². The number of aliphatic imine (C=N–C) groups is 1. The monoisotopic (exact) mass is 168 g/mol. The van der Waals surface area contributed by atoms with Gasteiger partial charge in [-0.15, -0.1) is 0 Å². The Morgan fingerprint density at radius 3 is 3.17 bits per heavy atom. The van der Waals surface area contributed by atoms with Crippen molar-refractivity contribution in [3.8, 4) is 0 Å². The molecule has 12 heavy (non-hydrogen) atoms. The van der Waals surface area contributed by atoms with Crippen LogP contribution in [0.15, 0.2) is 4.99 Å². The lowest BCUT2D eigenvalue weighted by Gasteiger charge is -2.26. The average molecular weight is 168 g/mol. The van der Waals surface area contributed by atoms with Gasteiger partial charge >= 0.3 is 0 Å². The Morgan fingerprint density at radius 1 is 1.75 bits per heavy atom. The zero-order valence-corrected chi connectivity index (χ0v) is 7.23. The van der Waals surface area contributed by atoms with Crippen molar-refractivity contribution in [3.05, 3.63) is 0 Å². The number of carbonyl (C=O) groups is 1. The number of fused-ring (bicyclic) bond motifs is 1. The standard InChI is InChI=1S/C8H12N2O2/c1-5(2)10-7(11)3-6-8(10)12-4-9-6/h4-6,8H,3H2,1-2H3. The fourth-order valence-corrected chi connectivity index (χ4v) is 1.75. The van der Waals surface area contributed by atoms with Crippen LogP contribution < -0.4 is 0 Å². The molecule has 4 heteroatoms. The van der Waals surface area contributed by atoms with Crippen molar-refractivity contribution in [1.82, 2.24) is 4.90 Å². The molecule has 0 aliphatic carbocycles. The Morgan fingerprint density at radius 2 is 2.50 bits per heavy atom. The third-order valence-corrected chi connectivity index (χ3v) is 2.28. The van der Waals surface area contributed by atoms with Crippen LogP contribution in [0.2, 0.25) is 0 Å². The number of hydrogen-bond donors (Lipinski definition) is 0. The van der Waals surface area contributed by atoms with Gasteiger partial charge in [0.25, 0.3) is 0 Å². The maximum absolute atomic E-state index is 11.4. The van der Waals surface area contributed by atoms with Crippen molar-refractivity contribution in [2.75, 3.05) is 0 Å². The number of nitrogens with zero attached hydrogens (tertiary/aromatic N) is 2. The maximum atomic E-state index is 11.4. The molecule has 2 aliphatic heterocycles. The van der Waals surface area contributed by atoms with Crippen LogP contribution in [-0.2, 0) is 9.53 Å². The largest absolute Gasteiger partial charge is 0.458 e. The fraction of sp³-hybridized carbons (Fsp3) is 0.750. The highest BCUT2D eigenvalue weighted by Crippen LogP contribution is 2.27. The summed E-state index contributed by atoms with van der Waals surface area (Å²) >= 11 is 0. The quantitative estimate of drug-likeness (QED) is 0.568. The van der Waals surface area contributed by atoms with Crippen LogP contribution >= 0.6 is 0 Å². The second-order valence-corrected chi connectivity index (χ2v) is 3.45. The van der Waals surface area contributed by atoms with E-state index in [-0.39, 0.29) is 24.2 Å². The van der Waals surface area contributed by atoms with Gasteiger partial charge in [-0.3, -0.25) is 4.79 Å². The van der Waals surface area contributed by atoms with Gasteiger partial charge in [0, 0.05) is 6.04 Å². The minimum atomic E-state index is -0.127. The molecule has 2 rings (SSSR count). The fourth-order valence-electron chi connectivity index (χ4n) is 1.75. The lowest BCUT2D eigenvalue weighted by atomic mass is 10.2. The Bertz CT molecular complexity index is 237. The molecule has 1 saturated heterocycles. The van der Waals surface area contributed by atoms with Gasteiger partial charge in [-0.25, -0.2) is 4.99 Å². The predicted octanol–water partition coefficient (Wildman–Crippen LogP) is 0.380. The molecule has 0 aromatic rings. The van der Waals surface area contributed by atoms with Gasteiger partial charge < -0.3 is 9.64 Å². The van der Waals surface area contributed by atoms with Crippen molar-refractivity contribution in [2.24, 2.45) is 4.99 Å². The van der Waals surface area contributed by atoms with Gasteiger partial charge in [0.05, 0.1) is 6.42 Å². The molecular formula is C8H12N2O2. The molecule has 1 amide bonds. The second kappa shape index (κ2) is 2.47.